The molecule has 0 bridgehead atoms. The molecule has 1 saturated heterocycles. The summed E-state index contributed by atoms with van der Waals surface area (Å²) < 4.78 is 0. The summed E-state index contributed by atoms with van der Waals surface area (Å²) >= 11 is 6.46. The zero-order chi connectivity index (χ0) is 13.8. The maximum absolute atomic E-state index is 6.46. The summed E-state index contributed by atoms with van der Waals surface area (Å²) in [6.07, 6.45) is 1.26. The third-order valence-corrected chi connectivity index (χ3v) is 4.59. The highest BCUT2D eigenvalue weighted by molar-refractivity contribution is 6.33. The average molecular weight is 281 g/mol. The van der Waals surface area contributed by atoms with Crippen molar-refractivity contribution >= 4 is 17.3 Å². The first-order valence-corrected chi connectivity index (χ1v) is 7.74. The van der Waals surface area contributed by atoms with Crippen LogP contribution in [0.2, 0.25) is 5.02 Å². The smallest absolute Gasteiger partial charge is 0.0642 e. The van der Waals surface area contributed by atoms with E-state index in [0.29, 0.717) is 0 Å². The van der Waals surface area contributed by atoms with Gasteiger partial charge in [-0.3, -0.25) is 0 Å². The predicted octanol–water partition coefficient (Wildman–Crippen LogP) is 3.93. The molecule has 1 heterocycles. The fraction of sp³-hybridized carbons (Fsp3) is 0.625. The Kier molecular flexibility index (Phi) is 5.12. The van der Waals surface area contributed by atoms with Crippen molar-refractivity contribution in [2.24, 2.45) is 11.8 Å². The van der Waals surface area contributed by atoms with Crippen LogP contribution >= 0.6 is 11.6 Å². The van der Waals surface area contributed by atoms with Gasteiger partial charge in [-0.1, -0.05) is 44.5 Å². The Balaban J connectivity index is 2.22. The third-order valence-electron chi connectivity index (χ3n) is 4.29. The second-order valence-electron chi connectivity index (χ2n) is 5.72. The molecule has 0 aliphatic carbocycles. The second-order valence-corrected chi connectivity index (χ2v) is 6.12. The van der Waals surface area contributed by atoms with E-state index in [9.17, 15) is 0 Å². The molecule has 1 aromatic carbocycles. The molecule has 1 fully saturated rings. The van der Waals surface area contributed by atoms with Crippen molar-refractivity contribution in [3.8, 4) is 0 Å². The number of benzene rings is 1. The van der Waals surface area contributed by atoms with Crippen LogP contribution in [0.4, 0.5) is 5.69 Å². The van der Waals surface area contributed by atoms with Gasteiger partial charge < -0.3 is 10.2 Å². The van der Waals surface area contributed by atoms with Crippen molar-refractivity contribution in [1.29, 1.82) is 0 Å². The molecule has 2 nitrogen and oxygen atoms in total. The van der Waals surface area contributed by atoms with E-state index in [1.54, 1.807) is 0 Å². The van der Waals surface area contributed by atoms with Crippen molar-refractivity contribution in [1.82, 2.24) is 5.32 Å². The first-order chi connectivity index (χ1) is 9.13. The Labute approximate surface area is 122 Å². The highest BCUT2D eigenvalue weighted by atomic mass is 35.5. The van der Waals surface area contributed by atoms with Crippen LogP contribution in [0.25, 0.3) is 0 Å². The highest BCUT2D eigenvalue weighted by Gasteiger charge is 2.25. The van der Waals surface area contributed by atoms with Crippen LogP contribution in [-0.2, 0) is 6.54 Å². The maximum atomic E-state index is 6.46. The molecular formula is C16H25ClN2. The number of hydrogen-bond donors (Lipinski definition) is 1. The number of para-hydroxylation sites is 1. The molecule has 2 unspecified atom stereocenters. The summed E-state index contributed by atoms with van der Waals surface area (Å²) in [5.74, 6) is 1.55. The fourth-order valence-electron chi connectivity index (χ4n) is 2.78. The van der Waals surface area contributed by atoms with Crippen LogP contribution in [0.3, 0.4) is 0 Å². The Morgan fingerprint density at radius 1 is 1.32 bits per heavy atom. The quantitative estimate of drug-likeness (QED) is 0.899. The number of halogens is 1. The predicted molar refractivity (Wildman–Crippen MR) is 84.0 cm³/mol. The Hall–Kier alpha value is -0.730. The Morgan fingerprint density at radius 3 is 2.79 bits per heavy atom. The largest absolute Gasteiger partial charge is 0.370 e. The SMILES string of the molecule is CCNCc1cccc(Cl)c1N1CCC(C)C(C)C1. The summed E-state index contributed by atoms with van der Waals surface area (Å²) in [4.78, 5) is 2.47. The van der Waals surface area contributed by atoms with Gasteiger partial charge in [-0.05, 0) is 36.4 Å². The number of rotatable bonds is 4. The summed E-state index contributed by atoms with van der Waals surface area (Å²) in [5.41, 5.74) is 2.56. The Bertz CT molecular complexity index is 419. The summed E-state index contributed by atoms with van der Waals surface area (Å²) in [6.45, 7) is 10.9. The molecule has 19 heavy (non-hydrogen) atoms. The zero-order valence-electron chi connectivity index (χ0n) is 12.2. The van der Waals surface area contributed by atoms with E-state index in [1.807, 2.05) is 6.07 Å². The van der Waals surface area contributed by atoms with Crippen LogP contribution in [0, 0.1) is 11.8 Å². The number of nitrogens with one attached hydrogen (secondary N) is 1. The highest BCUT2D eigenvalue weighted by Crippen LogP contribution is 2.34. The van der Waals surface area contributed by atoms with Crippen molar-refractivity contribution in [3.05, 3.63) is 28.8 Å². The van der Waals surface area contributed by atoms with Crippen molar-refractivity contribution < 1.29 is 0 Å². The lowest BCUT2D eigenvalue weighted by molar-refractivity contribution is 0.323. The van der Waals surface area contributed by atoms with E-state index in [0.717, 1.165) is 43.0 Å². The maximum Gasteiger partial charge on any atom is 0.0642 e. The molecule has 2 rings (SSSR count). The molecule has 0 radical (unpaired) electrons. The molecule has 0 saturated carbocycles. The number of hydrogen-bond acceptors (Lipinski definition) is 2. The van der Waals surface area contributed by atoms with E-state index in [4.69, 9.17) is 11.6 Å². The van der Waals surface area contributed by atoms with Crippen LogP contribution in [0.5, 0.6) is 0 Å². The molecule has 1 aliphatic rings. The minimum absolute atomic E-state index is 0.733. The van der Waals surface area contributed by atoms with E-state index in [2.05, 4.69) is 43.1 Å². The topological polar surface area (TPSA) is 15.3 Å². The summed E-state index contributed by atoms with van der Waals surface area (Å²) in [5, 5.41) is 4.29. The molecule has 0 aromatic heterocycles. The molecule has 106 valence electrons. The minimum Gasteiger partial charge on any atom is -0.370 e. The third kappa shape index (κ3) is 3.43. The second kappa shape index (κ2) is 6.62. The summed E-state index contributed by atoms with van der Waals surface area (Å²) in [7, 11) is 0. The van der Waals surface area contributed by atoms with Crippen LogP contribution in [0.1, 0.15) is 32.8 Å². The molecule has 2 atom stereocenters. The molecule has 1 N–H and O–H groups in total. The average Bonchev–Trinajstić information content (AvgIpc) is 2.40. The van der Waals surface area contributed by atoms with Crippen molar-refractivity contribution in [3.63, 3.8) is 0 Å². The molecule has 1 aliphatic heterocycles. The fourth-order valence-corrected chi connectivity index (χ4v) is 3.10. The number of nitrogens with zero attached hydrogens (tertiary/aromatic N) is 1. The van der Waals surface area contributed by atoms with E-state index >= 15 is 0 Å². The van der Waals surface area contributed by atoms with Gasteiger partial charge in [0.05, 0.1) is 10.7 Å². The van der Waals surface area contributed by atoms with Gasteiger partial charge in [-0.2, -0.15) is 0 Å². The molecular weight excluding hydrogens is 256 g/mol. The molecule has 1 aromatic rings. The van der Waals surface area contributed by atoms with Gasteiger partial charge in [0.1, 0.15) is 0 Å². The lowest BCUT2D eigenvalue weighted by Crippen LogP contribution is -2.39. The van der Waals surface area contributed by atoms with Gasteiger partial charge in [0, 0.05) is 19.6 Å². The number of anilines is 1. The lowest BCUT2D eigenvalue weighted by Gasteiger charge is -2.38. The monoisotopic (exact) mass is 280 g/mol. The molecule has 3 heteroatoms. The molecule has 0 spiro atoms. The lowest BCUT2D eigenvalue weighted by atomic mass is 9.88. The minimum atomic E-state index is 0.733. The van der Waals surface area contributed by atoms with Crippen molar-refractivity contribution in [2.75, 3.05) is 24.5 Å². The van der Waals surface area contributed by atoms with Crippen LogP contribution < -0.4 is 10.2 Å². The Morgan fingerprint density at radius 2 is 2.11 bits per heavy atom. The molecule has 0 amide bonds. The van der Waals surface area contributed by atoms with E-state index in [-0.39, 0.29) is 0 Å². The first-order valence-electron chi connectivity index (χ1n) is 7.36. The van der Waals surface area contributed by atoms with E-state index < -0.39 is 0 Å². The van der Waals surface area contributed by atoms with Gasteiger partial charge in [-0.25, -0.2) is 0 Å². The van der Waals surface area contributed by atoms with Gasteiger partial charge in [-0.15, -0.1) is 0 Å². The standard InChI is InChI=1S/C16H25ClN2/c1-4-18-10-14-6-5-7-15(17)16(14)19-9-8-12(2)13(3)11-19/h5-7,12-13,18H,4,8-11H2,1-3H3. The zero-order valence-corrected chi connectivity index (χ0v) is 13.0. The van der Waals surface area contributed by atoms with Crippen LogP contribution in [0.15, 0.2) is 18.2 Å². The van der Waals surface area contributed by atoms with Gasteiger partial charge >= 0.3 is 0 Å². The summed E-state index contributed by atoms with van der Waals surface area (Å²) in [6, 6.07) is 6.25. The first kappa shape index (κ1) is 14.7. The van der Waals surface area contributed by atoms with Crippen LogP contribution in [-0.4, -0.2) is 19.6 Å². The van der Waals surface area contributed by atoms with E-state index in [1.165, 1.54) is 17.7 Å². The van der Waals surface area contributed by atoms with Crippen molar-refractivity contribution in [2.45, 2.75) is 33.7 Å². The van der Waals surface area contributed by atoms with Gasteiger partial charge in [0.2, 0.25) is 0 Å². The number of piperidine rings is 1. The normalized spacial score (nSPS) is 23.7. The van der Waals surface area contributed by atoms with Gasteiger partial charge in [0.15, 0.2) is 0 Å². The van der Waals surface area contributed by atoms with Gasteiger partial charge in [0.25, 0.3) is 0 Å².